The van der Waals surface area contributed by atoms with E-state index in [0.717, 1.165) is 19.1 Å². The lowest BCUT2D eigenvalue weighted by Crippen LogP contribution is -2.37. The summed E-state index contributed by atoms with van der Waals surface area (Å²) in [5.74, 6) is 0.813. The Morgan fingerprint density at radius 3 is 2.67 bits per heavy atom. The van der Waals surface area contributed by atoms with Gasteiger partial charge < -0.3 is 10.1 Å². The fourth-order valence-corrected chi connectivity index (χ4v) is 1.41. The van der Waals surface area contributed by atoms with Gasteiger partial charge in [0.15, 0.2) is 0 Å². The van der Waals surface area contributed by atoms with E-state index in [0.29, 0.717) is 6.04 Å². The van der Waals surface area contributed by atoms with E-state index in [9.17, 15) is 0 Å². The molecule has 1 unspecified atom stereocenters. The Bertz CT molecular complexity index is 110. The predicted octanol–water partition coefficient (Wildman–Crippen LogP) is 1.80. The summed E-state index contributed by atoms with van der Waals surface area (Å²) < 4.78 is 5.29. The molecule has 0 aromatic heterocycles. The summed E-state index contributed by atoms with van der Waals surface area (Å²) in [6.07, 6.45) is 3.66. The molecule has 0 bridgehead atoms. The fourth-order valence-electron chi connectivity index (χ4n) is 1.41. The first-order chi connectivity index (χ1) is 5.83. The second-order valence-corrected chi connectivity index (χ2v) is 3.81. The van der Waals surface area contributed by atoms with Gasteiger partial charge in [0.05, 0.1) is 0 Å². The van der Waals surface area contributed by atoms with E-state index < -0.39 is 0 Å². The minimum absolute atomic E-state index is 0.716. The maximum Gasteiger partial charge on any atom is 0.0480 e. The third-order valence-electron chi connectivity index (χ3n) is 2.67. The van der Waals surface area contributed by atoms with Crippen molar-refractivity contribution in [2.75, 3.05) is 19.8 Å². The lowest BCUT2D eigenvalue weighted by atomic mass is 10.1. The second-order valence-electron chi connectivity index (χ2n) is 3.81. The Morgan fingerprint density at radius 1 is 1.42 bits per heavy atom. The highest BCUT2D eigenvalue weighted by Crippen LogP contribution is 2.07. The van der Waals surface area contributed by atoms with Gasteiger partial charge in [0.25, 0.3) is 0 Å². The Morgan fingerprint density at radius 2 is 2.08 bits per heavy atom. The fraction of sp³-hybridized carbons (Fsp3) is 1.00. The lowest BCUT2D eigenvalue weighted by Gasteiger charge is -2.24. The smallest absolute Gasteiger partial charge is 0.0480 e. The third kappa shape index (κ3) is 3.55. The van der Waals surface area contributed by atoms with Crippen molar-refractivity contribution in [3.05, 3.63) is 0 Å². The van der Waals surface area contributed by atoms with E-state index in [1.165, 1.54) is 25.8 Å². The molecule has 2 nitrogen and oxygen atoms in total. The Labute approximate surface area is 75.7 Å². The molecule has 1 saturated heterocycles. The van der Waals surface area contributed by atoms with Gasteiger partial charge in [-0.2, -0.15) is 0 Å². The molecule has 0 saturated carbocycles. The maximum atomic E-state index is 5.29. The molecule has 0 aliphatic carbocycles. The average Bonchev–Trinajstić information content (AvgIpc) is 2.16. The quantitative estimate of drug-likeness (QED) is 0.696. The van der Waals surface area contributed by atoms with E-state index in [-0.39, 0.29) is 0 Å². The van der Waals surface area contributed by atoms with Crippen LogP contribution in [0.1, 0.15) is 33.1 Å². The third-order valence-corrected chi connectivity index (χ3v) is 2.67. The summed E-state index contributed by atoms with van der Waals surface area (Å²) in [7, 11) is 0. The van der Waals surface area contributed by atoms with E-state index >= 15 is 0 Å². The summed E-state index contributed by atoms with van der Waals surface area (Å²) in [6, 6.07) is 0.716. The van der Waals surface area contributed by atoms with Gasteiger partial charge in [-0.3, -0.25) is 0 Å². The number of hydrogen-bond donors (Lipinski definition) is 1. The summed E-state index contributed by atoms with van der Waals surface area (Å²) in [5.41, 5.74) is 0. The topological polar surface area (TPSA) is 21.3 Å². The molecule has 1 heterocycles. The van der Waals surface area contributed by atoms with Crippen molar-refractivity contribution < 1.29 is 4.74 Å². The molecular formula is C10H21NO. The summed E-state index contributed by atoms with van der Waals surface area (Å²) >= 11 is 0. The molecule has 1 aliphatic rings. The van der Waals surface area contributed by atoms with Crippen LogP contribution in [0.15, 0.2) is 0 Å². The van der Waals surface area contributed by atoms with Crippen molar-refractivity contribution in [1.29, 1.82) is 0 Å². The minimum atomic E-state index is 0.716. The molecule has 1 N–H and O–H groups in total. The van der Waals surface area contributed by atoms with Crippen molar-refractivity contribution in [2.24, 2.45) is 5.92 Å². The van der Waals surface area contributed by atoms with Gasteiger partial charge in [0.2, 0.25) is 0 Å². The van der Waals surface area contributed by atoms with Crippen molar-refractivity contribution >= 4 is 0 Å². The van der Waals surface area contributed by atoms with Crippen LogP contribution in [0.4, 0.5) is 0 Å². The van der Waals surface area contributed by atoms with Gasteiger partial charge in [0, 0.05) is 19.3 Å². The predicted molar refractivity (Wildman–Crippen MR) is 51.3 cm³/mol. The van der Waals surface area contributed by atoms with Gasteiger partial charge in [-0.25, -0.2) is 0 Å². The largest absolute Gasteiger partial charge is 0.381 e. The van der Waals surface area contributed by atoms with Crippen molar-refractivity contribution in [3.8, 4) is 0 Å². The van der Waals surface area contributed by atoms with Crippen LogP contribution >= 0.6 is 0 Å². The lowest BCUT2D eigenvalue weighted by molar-refractivity contribution is 0.0771. The molecule has 1 atom stereocenters. The van der Waals surface area contributed by atoms with E-state index in [4.69, 9.17) is 4.74 Å². The molecule has 1 fully saturated rings. The zero-order chi connectivity index (χ0) is 8.81. The standard InChI is InChI=1S/C10H21NO/c1-3-9(2)8-11-10-4-6-12-7-5-10/h9-11H,3-8H2,1-2H3. The first kappa shape index (κ1) is 10.0. The van der Waals surface area contributed by atoms with E-state index in [1.807, 2.05) is 0 Å². The van der Waals surface area contributed by atoms with Gasteiger partial charge in [-0.1, -0.05) is 20.3 Å². The first-order valence-corrected chi connectivity index (χ1v) is 5.14. The molecule has 2 heteroatoms. The molecule has 0 amide bonds. The molecule has 1 rings (SSSR count). The summed E-state index contributed by atoms with van der Waals surface area (Å²) in [4.78, 5) is 0. The van der Waals surface area contributed by atoms with Crippen LogP contribution in [0.25, 0.3) is 0 Å². The highest BCUT2D eigenvalue weighted by Gasteiger charge is 2.13. The molecule has 0 spiro atoms. The molecule has 12 heavy (non-hydrogen) atoms. The van der Waals surface area contributed by atoms with Crippen LogP contribution in [-0.4, -0.2) is 25.8 Å². The van der Waals surface area contributed by atoms with Crippen molar-refractivity contribution in [2.45, 2.75) is 39.2 Å². The van der Waals surface area contributed by atoms with Crippen LogP contribution in [0, 0.1) is 5.92 Å². The van der Waals surface area contributed by atoms with Crippen LogP contribution in [0.3, 0.4) is 0 Å². The van der Waals surface area contributed by atoms with Crippen LogP contribution < -0.4 is 5.32 Å². The Balaban J connectivity index is 2.05. The SMILES string of the molecule is CCC(C)CNC1CCOCC1. The molecule has 72 valence electrons. The normalized spacial score (nSPS) is 22.5. The van der Waals surface area contributed by atoms with Gasteiger partial charge in [-0.15, -0.1) is 0 Å². The molecule has 0 aromatic rings. The Kier molecular flexibility index (Phi) is 4.62. The van der Waals surface area contributed by atoms with Gasteiger partial charge in [0.1, 0.15) is 0 Å². The van der Waals surface area contributed by atoms with Gasteiger partial charge in [-0.05, 0) is 25.3 Å². The molecule has 1 aliphatic heterocycles. The van der Waals surface area contributed by atoms with E-state index in [2.05, 4.69) is 19.2 Å². The molecular weight excluding hydrogens is 150 g/mol. The van der Waals surface area contributed by atoms with Crippen LogP contribution in [0.2, 0.25) is 0 Å². The molecule has 0 radical (unpaired) electrons. The minimum Gasteiger partial charge on any atom is -0.381 e. The zero-order valence-electron chi connectivity index (χ0n) is 8.31. The zero-order valence-corrected chi connectivity index (χ0v) is 8.31. The number of hydrogen-bond acceptors (Lipinski definition) is 2. The van der Waals surface area contributed by atoms with Crippen molar-refractivity contribution in [3.63, 3.8) is 0 Å². The summed E-state index contributed by atoms with van der Waals surface area (Å²) in [5, 5.41) is 3.59. The van der Waals surface area contributed by atoms with Crippen molar-refractivity contribution in [1.82, 2.24) is 5.32 Å². The van der Waals surface area contributed by atoms with Crippen LogP contribution in [-0.2, 0) is 4.74 Å². The summed E-state index contributed by atoms with van der Waals surface area (Å²) in [6.45, 7) is 7.60. The number of nitrogens with one attached hydrogen (secondary N) is 1. The highest BCUT2D eigenvalue weighted by atomic mass is 16.5. The maximum absolute atomic E-state index is 5.29. The first-order valence-electron chi connectivity index (χ1n) is 5.14. The monoisotopic (exact) mass is 171 g/mol. The second kappa shape index (κ2) is 5.55. The highest BCUT2D eigenvalue weighted by molar-refractivity contribution is 4.70. The average molecular weight is 171 g/mol. The number of ether oxygens (including phenoxy) is 1. The number of rotatable bonds is 4. The van der Waals surface area contributed by atoms with E-state index in [1.54, 1.807) is 0 Å². The molecule has 0 aromatic carbocycles. The van der Waals surface area contributed by atoms with Gasteiger partial charge >= 0.3 is 0 Å². The Hall–Kier alpha value is -0.0800. The van der Waals surface area contributed by atoms with Crippen LogP contribution in [0.5, 0.6) is 0 Å².